The molecule has 0 amide bonds. The van der Waals surface area contributed by atoms with E-state index in [1.165, 1.54) is 6.92 Å². The highest BCUT2D eigenvalue weighted by Gasteiger charge is 2.46. The van der Waals surface area contributed by atoms with Crippen molar-refractivity contribution in [2.45, 2.75) is 19.4 Å². The standard InChI is InChI=1S/C7H10O5/c1-3-10-5(8)7(2)4-11-6(9)12-7/h3-4H2,1-2H3. The van der Waals surface area contributed by atoms with Gasteiger partial charge in [-0.25, -0.2) is 9.59 Å². The quantitative estimate of drug-likeness (QED) is 0.569. The van der Waals surface area contributed by atoms with Crippen LogP contribution in [0.25, 0.3) is 0 Å². The molecule has 0 aromatic heterocycles. The number of hydrogen-bond acceptors (Lipinski definition) is 5. The molecule has 0 spiro atoms. The van der Waals surface area contributed by atoms with Crippen LogP contribution in [-0.4, -0.2) is 30.9 Å². The van der Waals surface area contributed by atoms with Crippen molar-refractivity contribution >= 4 is 12.1 Å². The zero-order valence-electron chi connectivity index (χ0n) is 6.96. The van der Waals surface area contributed by atoms with Crippen molar-refractivity contribution in [1.82, 2.24) is 0 Å². The SMILES string of the molecule is CCOC(=O)C1(C)COC(=O)O1. The van der Waals surface area contributed by atoms with Gasteiger partial charge in [0.15, 0.2) is 0 Å². The third-order valence-electron chi connectivity index (χ3n) is 1.48. The molecule has 12 heavy (non-hydrogen) atoms. The lowest BCUT2D eigenvalue weighted by Crippen LogP contribution is -2.39. The minimum Gasteiger partial charge on any atom is -0.463 e. The maximum Gasteiger partial charge on any atom is 0.509 e. The van der Waals surface area contributed by atoms with Crippen LogP contribution in [0.3, 0.4) is 0 Å². The van der Waals surface area contributed by atoms with Gasteiger partial charge in [0.05, 0.1) is 6.61 Å². The van der Waals surface area contributed by atoms with E-state index < -0.39 is 17.7 Å². The molecule has 1 fully saturated rings. The molecule has 0 N–H and O–H groups in total. The van der Waals surface area contributed by atoms with Gasteiger partial charge in [0.25, 0.3) is 0 Å². The van der Waals surface area contributed by atoms with E-state index >= 15 is 0 Å². The van der Waals surface area contributed by atoms with Gasteiger partial charge in [-0.05, 0) is 13.8 Å². The fraction of sp³-hybridized carbons (Fsp3) is 0.714. The summed E-state index contributed by atoms with van der Waals surface area (Å²) < 4.78 is 13.8. The first-order valence-corrected chi connectivity index (χ1v) is 3.61. The molecule has 5 nitrogen and oxygen atoms in total. The second kappa shape index (κ2) is 3.00. The fourth-order valence-corrected chi connectivity index (χ4v) is 0.824. The Labute approximate surface area is 69.6 Å². The fourth-order valence-electron chi connectivity index (χ4n) is 0.824. The van der Waals surface area contributed by atoms with E-state index in [0.29, 0.717) is 0 Å². The van der Waals surface area contributed by atoms with E-state index in [2.05, 4.69) is 14.2 Å². The second-order valence-corrected chi connectivity index (χ2v) is 2.59. The Morgan fingerprint density at radius 3 is 2.83 bits per heavy atom. The Kier molecular flexibility index (Phi) is 2.21. The minimum absolute atomic E-state index is 0.0787. The first kappa shape index (κ1) is 8.83. The number of carbonyl (C=O) groups excluding carboxylic acids is 2. The van der Waals surface area contributed by atoms with Gasteiger partial charge in [0.1, 0.15) is 6.61 Å². The Morgan fingerprint density at radius 1 is 1.75 bits per heavy atom. The number of hydrogen-bond donors (Lipinski definition) is 0. The van der Waals surface area contributed by atoms with Gasteiger partial charge in [-0.3, -0.25) is 0 Å². The van der Waals surface area contributed by atoms with Gasteiger partial charge in [0, 0.05) is 0 Å². The first-order valence-electron chi connectivity index (χ1n) is 3.61. The van der Waals surface area contributed by atoms with Crippen LogP contribution < -0.4 is 0 Å². The molecule has 1 atom stereocenters. The Hall–Kier alpha value is -1.26. The highest BCUT2D eigenvalue weighted by molar-refractivity contribution is 5.83. The molecule has 1 saturated heterocycles. The molecule has 0 aromatic rings. The van der Waals surface area contributed by atoms with Crippen LogP contribution in [0.2, 0.25) is 0 Å². The summed E-state index contributed by atoms with van der Waals surface area (Å²) in [5, 5.41) is 0. The molecule has 1 rings (SSSR count). The van der Waals surface area contributed by atoms with Crippen molar-refractivity contribution in [1.29, 1.82) is 0 Å². The molecule has 68 valence electrons. The number of carbonyl (C=O) groups is 2. The molecule has 1 aliphatic heterocycles. The molecule has 1 unspecified atom stereocenters. The van der Waals surface area contributed by atoms with Gasteiger partial charge in [-0.2, -0.15) is 0 Å². The van der Waals surface area contributed by atoms with Crippen molar-refractivity contribution in [2.24, 2.45) is 0 Å². The summed E-state index contributed by atoms with van der Waals surface area (Å²) in [7, 11) is 0. The monoisotopic (exact) mass is 174 g/mol. The summed E-state index contributed by atoms with van der Waals surface area (Å²) in [5.74, 6) is -0.573. The van der Waals surface area contributed by atoms with E-state index in [9.17, 15) is 9.59 Å². The molecular formula is C7H10O5. The van der Waals surface area contributed by atoms with E-state index in [-0.39, 0.29) is 13.2 Å². The van der Waals surface area contributed by atoms with Crippen LogP contribution in [0.4, 0.5) is 4.79 Å². The molecule has 0 bridgehead atoms. The molecule has 5 heteroatoms. The van der Waals surface area contributed by atoms with Gasteiger partial charge in [-0.1, -0.05) is 0 Å². The number of cyclic esters (lactones) is 2. The number of rotatable bonds is 2. The van der Waals surface area contributed by atoms with Crippen molar-refractivity contribution in [3.05, 3.63) is 0 Å². The summed E-state index contributed by atoms with van der Waals surface area (Å²) in [5.41, 5.74) is -1.26. The van der Waals surface area contributed by atoms with Crippen LogP contribution in [0.5, 0.6) is 0 Å². The van der Waals surface area contributed by atoms with E-state index in [1.54, 1.807) is 6.92 Å². The largest absolute Gasteiger partial charge is 0.509 e. The van der Waals surface area contributed by atoms with Crippen LogP contribution in [0, 0.1) is 0 Å². The molecule has 1 heterocycles. The molecular weight excluding hydrogens is 164 g/mol. The summed E-state index contributed by atoms with van der Waals surface area (Å²) >= 11 is 0. The maximum atomic E-state index is 11.1. The average molecular weight is 174 g/mol. The van der Waals surface area contributed by atoms with Crippen LogP contribution in [0.1, 0.15) is 13.8 Å². The minimum atomic E-state index is -1.26. The normalized spacial score (nSPS) is 27.7. The van der Waals surface area contributed by atoms with Crippen molar-refractivity contribution < 1.29 is 23.8 Å². The Balaban J connectivity index is 2.60. The summed E-state index contributed by atoms with van der Waals surface area (Å²) in [4.78, 5) is 21.6. The molecule has 0 saturated carbocycles. The average Bonchev–Trinajstić information content (AvgIpc) is 2.33. The van der Waals surface area contributed by atoms with E-state index in [4.69, 9.17) is 0 Å². The molecule has 0 aromatic carbocycles. The summed E-state index contributed by atoms with van der Waals surface area (Å²) in [6, 6.07) is 0. The molecule has 0 radical (unpaired) electrons. The zero-order chi connectivity index (χ0) is 9.19. The summed E-state index contributed by atoms with van der Waals surface area (Å²) in [6.07, 6.45) is -0.828. The highest BCUT2D eigenvalue weighted by Crippen LogP contribution is 2.20. The van der Waals surface area contributed by atoms with Gasteiger partial charge in [0.2, 0.25) is 5.60 Å². The predicted octanol–water partition coefficient (Wildman–Crippen LogP) is 0.475. The van der Waals surface area contributed by atoms with E-state index in [0.717, 1.165) is 0 Å². The summed E-state index contributed by atoms with van der Waals surface area (Å²) in [6.45, 7) is 3.31. The lowest BCUT2D eigenvalue weighted by Gasteiger charge is -2.16. The Morgan fingerprint density at radius 2 is 2.42 bits per heavy atom. The number of esters is 1. The predicted molar refractivity (Wildman–Crippen MR) is 37.5 cm³/mol. The van der Waals surface area contributed by atoms with E-state index in [1.807, 2.05) is 0 Å². The maximum absolute atomic E-state index is 11.1. The lowest BCUT2D eigenvalue weighted by molar-refractivity contribution is -0.159. The lowest BCUT2D eigenvalue weighted by atomic mass is 10.1. The van der Waals surface area contributed by atoms with Crippen molar-refractivity contribution in [3.8, 4) is 0 Å². The topological polar surface area (TPSA) is 61.8 Å². The van der Waals surface area contributed by atoms with Gasteiger partial charge >= 0.3 is 12.1 Å². The highest BCUT2D eigenvalue weighted by atomic mass is 16.8. The van der Waals surface area contributed by atoms with Gasteiger partial charge < -0.3 is 14.2 Å². The van der Waals surface area contributed by atoms with Crippen LogP contribution in [-0.2, 0) is 19.0 Å². The van der Waals surface area contributed by atoms with Crippen molar-refractivity contribution in [3.63, 3.8) is 0 Å². The smallest absolute Gasteiger partial charge is 0.463 e. The second-order valence-electron chi connectivity index (χ2n) is 2.59. The zero-order valence-corrected chi connectivity index (χ0v) is 6.96. The molecule has 0 aliphatic carbocycles. The van der Waals surface area contributed by atoms with Crippen LogP contribution in [0.15, 0.2) is 0 Å². The molecule has 1 aliphatic rings. The first-order chi connectivity index (χ1) is 5.58. The Bertz CT molecular complexity index is 212. The number of ether oxygens (including phenoxy) is 3. The van der Waals surface area contributed by atoms with Crippen LogP contribution >= 0.6 is 0 Å². The van der Waals surface area contributed by atoms with Gasteiger partial charge in [-0.15, -0.1) is 0 Å². The third-order valence-corrected chi connectivity index (χ3v) is 1.48. The van der Waals surface area contributed by atoms with Crippen molar-refractivity contribution in [2.75, 3.05) is 13.2 Å². The third kappa shape index (κ3) is 1.49.